The number of aliphatic hydroxyl groups is 1. The van der Waals surface area contributed by atoms with Gasteiger partial charge in [-0.15, -0.1) is 0 Å². The molecule has 3 N–H and O–H groups in total. The van der Waals surface area contributed by atoms with Crippen LogP contribution >= 0.6 is 11.6 Å². The Morgan fingerprint density at radius 3 is 2.90 bits per heavy atom. The molecular formula is C13H15ClN4O3. The fourth-order valence-electron chi connectivity index (χ4n) is 3.96. The second kappa shape index (κ2) is 3.92. The highest BCUT2D eigenvalue weighted by Crippen LogP contribution is 2.46. The molecule has 4 atom stereocenters. The van der Waals surface area contributed by atoms with Gasteiger partial charge in [0.15, 0.2) is 5.72 Å². The minimum absolute atomic E-state index is 0.176. The van der Waals surface area contributed by atoms with E-state index < -0.39 is 11.8 Å². The first-order valence-corrected chi connectivity index (χ1v) is 7.33. The first kappa shape index (κ1) is 13.0. The topological polar surface area (TPSA) is 86.6 Å². The molecule has 21 heavy (non-hydrogen) atoms. The summed E-state index contributed by atoms with van der Waals surface area (Å²) in [4.78, 5) is 25.5. The third kappa shape index (κ3) is 1.42. The van der Waals surface area contributed by atoms with Crippen LogP contribution in [0.1, 0.15) is 29.9 Å². The molecule has 1 aromatic rings. The lowest BCUT2D eigenvalue weighted by Crippen LogP contribution is -2.56. The lowest BCUT2D eigenvalue weighted by molar-refractivity contribution is -0.0655. The number of rotatable bonds is 1. The van der Waals surface area contributed by atoms with Crippen LogP contribution in [0, 0.1) is 0 Å². The lowest BCUT2D eigenvalue weighted by Gasteiger charge is -2.32. The van der Waals surface area contributed by atoms with Crippen molar-refractivity contribution < 1.29 is 14.7 Å². The number of urea groups is 1. The molecular weight excluding hydrogens is 296 g/mol. The molecule has 2 fully saturated rings. The summed E-state index contributed by atoms with van der Waals surface area (Å²) in [5.41, 5.74) is -0.817. The molecule has 2 aliphatic heterocycles. The van der Waals surface area contributed by atoms with Gasteiger partial charge < -0.3 is 20.3 Å². The molecule has 1 aliphatic carbocycles. The number of nitrogens with one attached hydrogen (secondary N) is 2. The summed E-state index contributed by atoms with van der Waals surface area (Å²) in [6.07, 6.45) is 0.330. The van der Waals surface area contributed by atoms with Gasteiger partial charge in [-0.2, -0.15) is 0 Å². The number of hydrogen-bond donors (Lipinski definition) is 3. The fraction of sp³-hybridized carbons (Fsp3) is 0.538. The zero-order valence-corrected chi connectivity index (χ0v) is 12.1. The molecule has 0 aromatic carbocycles. The van der Waals surface area contributed by atoms with Crippen LogP contribution in [0.25, 0.3) is 0 Å². The van der Waals surface area contributed by atoms with Crippen LogP contribution in [0.15, 0.2) is 12.1 Å². The summed E-state index contributed by atoms with van der Waals surface area (Å²) >= 11 is 6.19. The number of hydrogen-bond acceptors (Lipinski definition) is 3. The van der Waals surface area contributed by atoms with Crippen molar-refractivity contribution in [3.8, 4) is 0 Å². The van der Waals surface area contributed by atoms with Crippen LogP contribution in [-0.4, -0.2) is 50.9 Å². The number of aromatic nitrogens is 1. The largest absolute Gasteiger partial charge is 0.368 e. The summed E-state index contributed by atoms with van der Waals surface area (Å²) in [7, 11) is 0. The second-order valence-electron chi connectivity index (χ2n) is 5.73. The van der Waals surface area contributed by atoms with Crippen LogP contribution in [0.5, 0.6) is 0 Å². The molecule has 0 radical (unpaired) electrons. The van der Waals surface area contributed by atoms with Crippen molar-refractivity contribution >= 4 is 23.5 Å². The van der Waals surface area contributed by atoms with Gasteiger partial charge in [0.2, 0.25) is 0 Å². The molecule has 0 unspecified atom stereocenters. The average molecular weight is 311 g/mol. The van der Waals surface area contributed by atoms with E-state index in [4.69, 9.17) is 11.6 Å². The summed E-state index contributed by atoms with van der Waals surface area (Å²) in [6.45, 7) is 2.22. The van der Waals surface area contributed by atoms with Gasteiger partial charge in [-0.05, 0) is 19.1 Å². The first-order valence-electron chi connectivity index (χ1n) is 6.95. The monoisotopic (exact) mass is 310 g/mol. The third-order valence-electron chi connectivity index (χ3n) is 4.82. The van der Waals surface area contributed by atoms with E-state index in [1.807, 2.05) is 6.92 Å². The Morgan fingerprint density at radius 1 is 1.43 bits per heavy atom. The second-order valence-corrected chi connectivity index (χ2v) is 6.12. The van der Waals surface area contributed by atoms with Crippen LogP contribution in [0.3, 0.4) is 0 Å². The summed E-state index contributed by atoms with van der Waals surface area (Å²) in [5, 5.41) is 17.1. The molecule has 0 spiro atoms. The van der Waals surface area contributed by atoms with Gasteiger partial charge in [0, 0.05) is 13.0 Å². The number of amides is 3. The van der Waals surface area contributed by atoms with E-state index in [-0.39, 0.29) is 24.0 Å². The standard InChI is InChI=1S/C13H15ClN4O3/c1-2-17-12(20)16-10-9-7(5-13(10,17)21)18-6(11(19)15-9)3-4-8(18)14/h3-4,7,9-10,21H,2,5H2,1H3,(H,15,19)(H,16,20)/t7-,9-,10+,13+/m1/s1. The Balaban J connectivity index is 1.81. The van der Waals surface area contributed by atoms with E-state index in [0.29, 0.717) is 23.8 Å². The van der Waals surface area contributed by atoms with Gasteiger partial charge in [0.25, 0.3) is 5.91 Å². The molecule has 8 heteroatoms. The van der Waals surface area contributed by atoms with Crippen molar-refractivity contribution in [2.75, 3.05) is 6.54 Å². The maximum Gasteiger partial charge on any atom is 0.320 e. The van der Waals surface area contributed by atoms with Crippen LogP contribution in [0.4, 0.5) is 4.79 Å². The molecule has 3 heterocycles. The van der Waals surface area contributed by atoms with Gasteiger partial charge in [-0.3, -0.25) is 9.69 Å². The van der Waals surface area contributed by atoms with E-state index in [1.54, 1.807) is 16.7 Å². The Morgan fingerprint density at radius 2 is 2.19 bits per heavy atom. The number of carbonyl (C=O) groups is 2. The predicted molar refractivity (Wildman–Crippen MR) is 74.0 cm³/mol. The van der Waals surface area contributed by atoms with Crippen LogP contribution in [0.2, 0.25) is 5.15 Å². The summed E-state index contributed by atoms with van der Waals surface area (Å²) in [6, 6.07) is 1.95. The number of carbonyl (C=O) groups excluding carboxylic acids is 2. The van der Waals surface area contributed by atoms with Crippen molar-refractivity contribution in [1.29, 1.82) is 0 Å². The van der Waals surface area contributed by atoms with E-state index in [2.05, 4.69) is 10.6 Å². The minimum Gasteiger partial charge on any atom is -0.368 e. The highest BCUT2D eigenvalue weighted by Gasteiger charge is 2.64. The molecule has 1 saturated heterocycles. The fourth-order valence-corrected chi connectivity index (χ4v) is 4.24. The van der Waals surface area contributed by atoms with Gasteiger partial charge >= 0.3 is 6.03 Å². The number of likely N-dealkylation sites (N-methyl/N-ethyl adjacent to an activating group) is 1. The van der Waals surface area contributed by atoms with E-state index in [1.165, 1.54) is 4.90 Å². The highest BCUT2D eigenvalue weighted by atomic mass is 35.5. The van der Waals surface area contributed by atoms with Crippen LogP contribution < -0.4 is 10.6 Å². The average Bonchev–Trinajstić information content (AvgIpc) is 3.00. The zero-order valence-electron chi connectivity index (χ0n) is 11.3. The molecule has 1 saturated carbocycles. The third-order valence-corrected chi connectivity index (χ3v) is 5.13. The molecule has 112 valence electrons. The van der Waals surface area contributed by atoms with Gasteiger partial charge in [0.1, 0.15) is 16.9 Å². The number of fused-ring (bicyclic) bond motifs is 5. The van der Waals surface area contributed by atoms with E-state index in [0.717, 1.165) is 0 Å². The first-order chi connectivity index (χ1) is 9.97. The van der Waals surface area contributed by atoms with E-state index >= 15 is 0 Å². The van der Waals surface area contributed by atoms with Gasteiger partial charge in [-0.25, -0.2) is 4.79 Å². The predicted octanol–water partition coefficient (Wildman–Crippen LogP) is 0.301. The zero-order chi connectivity index (χ0) is 14.9. The van der Waals surface area contributed by atoms with Gasteiger partial charge in [0.05, 0.1) is 12.1 Å². The smallest absolute Gasteiger partial charge is 0.320 e. The molecule has 3 aliphatic rings. The molecule has 7 nitrogen and oxygen atoms in total. The van der Waals surface area contributed by atoms with Crippen molar-refractivity contribution in [2.45, 2.75) is 37.2 Å². The Hall–Kier alpha value is -1.73. The molecule has 3 amide bonds. The SMILES string of the molecule is CCN1C(=O)N[C@H]2[C@@H]3NC(=O)c4ccc(Cl)n4[C@@H]3C[C@]21O. The number of nitrogens with zero attached hydrogens (tertiary/aromatic N) is 2. The molecule has 1 aromatic heterocycles. The number of halogens is 1. The Bertz CT molecular complexity index is 660. The Kier molecular flexibility index (Phi) is 2.42. The van der Waals surface area contributed by atoms with Crippen molar-refractivity contribution in [3.63, 3.8) is 0 Å². The van der Waals surface area contributed by atoms with Crippen molar-refractivity contribution in [3.05, 3.63) is 23.0 Å². The lowest BCUT2D eigenvalue weighted by atomic mass is 10.1. The molecule has 4 rings (SSSR count). The van der Waals surface area contributed by atoms with Gasteiger partial charge in [-0.1, -0.05) is 11.6 Å². The molecule has 0 bridgehead atoms. The Labute approximate surface area is 125 Å². The quantitative estimate of drug-likeness (QED) is 0.697. The summed E-state index contributed by atoms with van der Waals surface area (Å²) < 4.78 is 1.75. The summed E-state index contributed by atoms with van der Waals surface area (Å²) in [5.74, 6) is -0.239. The normalized spacial score (nSPS) is 36.9. The maximum absolute atomic E-state index is 12.2. The van der Waals surface area contributed by atoms with E-state index in [9.17, 15) is 14.7 Å². The van der Waals surface area contributed by atoms with Crippen molar-refractivity contribution in [1.82, 2.24) is 20.1 Å². The van der Waals surface area contributed by atoms with Crippen molar-refractivity contribution in [2.24, 2.45) is 0 Å². The highest BCUT2D eigenvalue weighted by molar-refractivity contribution is 6.30. The maximum atomic E-state index is 12.2. The minimum atomic E-state index is -1.30. The van der Waals surface area contributed by atoms with Crippen LogP contribution in [-0.2, 0) is 0 Å².